The Balaban J connectivity index is 0.00000163. The highest BCUT2D eigenvalue weighted by Crippen LogP contribution is 2.35. The maximum Gasteiger partial charge on any atom is 0.337 e. The molecule has 9 heteroatoms. The van der Waals surface area contributed by atoms with E-state index >= 15 is 0 Å². The van der Waals surface area contributed by atoms with Crippen molar-refractivity contribution in [3.63, 3.8) is 0 Å². The Morgan fingerprint density at radius 1 is 1.31 bits per heavy atom. The topological polar surface area (TPSA) is 104 Å². The number of hydrogen-bond acceptors (Lipinski definition) is 9. The molecule has 0 amide bonds. The minimum Gasteiger partial charge on any atom is -0.460 e. The number of rotatable bonds is 7. The predicted molar refractivity (Wildman–Crippen MR) is 96.3 cm³/mol. The van der Waals surface area contributed by atoms with Gasteiger partial charge < -0.3 is 33.3 Å². The van der Waals surface area contributed by atoms with Crippen LogP contribution < -0.4 is 0 Å². The Bertz CT molecular complexity index is 451. The Morgan fingerprint density at radius 2 is 1.92 bits per heavy atom. The summed E-state index contributed by atoms with van der Waals surface area (Å²) in [5.74, 6) is -2.61. The molecule has 2 saturated heterocycles. The average Bonchev–Trinajstić information content (AvgIpc) is 3.09. The number of esters is 1. The Hall–Kier alpha value is -0.420. The Kier molecular flexibility index (Phi) is 8.79. The molecule has 0 aromatic rings. The Morgan fingerprint density at radius 3 is 2.38 bits per heavy atom. The van der Waals surface area contributed by atoms with Crippen LogP contribution in [-0.4, -0.2) is 72.1 Å². The lowest BCUT2D eigenvalue weighted by Gasteiger charge is -2.35. The van der Waals surface area contributed by atoms with E-state index in [1.807, 2.05) is 20.8 Å². The first kappa shape index (κ1) is 23.6. The molecule has 0 radical (unpaired) electrons. The van der Waals surface area contributed by atoms with Gasteiger partial charge in [-0.1, -0.05) is 6.92 Å². The second-order valence-electron chi connectivity index (χ2n) is 7.22. The van der Waals surface area contributed by atoms with Gasteiger partial charge in [0, 0.05) is 25.7 Å². The highest BCUT2D eigenvalue weighted by molar-refractivity contribution is 7.93. The quantitative estimate of drug-likeness (QED) is 0.376. The largest absolute Gasteiger partial charge is 0.460 e. The molecule has 5 atom stereocenters. The highest BCUT2D eigenvalue weighted by atomic mass is 32.2. The fourth-order valence-electron chi connectivity index (χ4n) is 3.04. The van der Waals surface area contributed by atoms with E-state index in [0.29, 0.717) is 13.0 Å². The molecule has 2 rings (SSSR count). The lowest BCUT2D eigenvalue weighted by molar-refractivity contribution is -0.251. The van der Waals surface area contributed by atoms with E-state index in [-0.39, 0.29) is 24.1 Å². The second-order valence-corrected chi connectivity index (χ2v) is 7.74. The maximum absolute atomic E-state index is 11.9. The summed E-state index contributed by atoms with van der Waals surface area (Å²) in [5, 5.41) is 17.1. The number of cyclic esters (lactones) is 1. The first-order chi connectivity index (χ1) is 12.0. The molecule has 26 heavy (non-hydrogen) atoms. The second kappa shape index (κ2) is 9.68. The van der Waals surface area contributed by atoms with E-state index in [9.17, 15) is 9.90 Å². The third kappa shape index (κ3) is 6.63. The van der Waals surface area contributed by atoms with Crippen molar-refractivity contribution in [3.8, 4) is 0 Å². The van der Waals surface area contributed by atoms with Crippen LogP contribution in [0.15, 0.2) is 0 Å². The molecular weight excluding hydrogens is 364 g/mol. The molecule has 0 saturated carbocycles. The molecule has 0 aromatic carbocycles. The number of aliphatic hydroxyl groups excluding tert-OH is 1. The maximum atomic E-state index is 11.9. The molecule has 0 aliphatic carbocycles. The molecule has 2 heterocycles. The van der Waals surface area contributed by atoms with Crippen LogP contribution in [0.3, 0.4) is 0 Å². The van der Waals surface area contributed by atoms with Crippen molar-refractivity contribution in [2.45, 2.75) is 77.0 Å². The number of ether oxygens (including phenoxy) is 4. The van der Waals surface area contributed by atoms with Gasteiger partial charge in [0.25, 0.3) is 0 Å². The minimum absolute atomic E-state index is 0.196. The van der Waals surface area contributed by atoms with E-state index in [0.717, 1.165) is 19.2 Å². The van der Waals surface area contributed by atoms with Gasteiger partial charge in [0.1, 0.15) is 12.2 Å². The highest BCUT2D eigenvalue weighted by Gasteiger charge is 2.47. The zero-order valence-corrected chi connectivity index (χ0v) is 17.4. The van der Waals surface area contributed by atoms with E-state index in [1.165, 1.54) is 0 Å². The first-order valence-corrected chi connectivity index (χ1v) is 9.74. The smallest absolute Gasteiger partial charge is 0.337 e. The molecule has 2 fully saturated rings. The van der Waals surface area contributed by atoms with Crippen LogP contribution in [-0.2, 0) is 27.9 Å². The van der Waals surface area contributed by atoms with Crippen LogP contribution in [0.25, 0.3) is 0 Å². The molecule has 0 spiro atoms. The number of aliphatic hydroxyl groups is 2. The van der Waals surface area contributed by atoms with Crippen LogP contribution >= 0.6 is 12.0 Å². The van der Waals surface area contributed by atoms with Gasteiger partial charge in [0.2, 0.25) is 0 Å². The van der Waals surface area contributed by atoms with Gasteiger partial charge in [-0.05, 0) is 39.7 Å². The summed E-state index contributed by atoms with van der Waals surface area (Å²) in [6.07, 6.45) is 0.416. The minimum atomic E-state index is -1.34. The molecule has 0 bridgehead atoms. The van der Waals surface area contributed by atoms with Crippen LogP contribution in [0.4, 0.5) is 0 Å². The predicted octanol–water partition coefficient (Wildman–Crippen LogP) is 1.47. The zero-order valence-electron chi connectivity index (χ0n) is 16.6. The van der Waals surface area contributed by atoms with Gasteiger partial charge in [-0.2, -0.15) is 0 Å². The normalized spacial score (nSPS) is 30.3. The fraction of sp³-hybridized carbons (Fsp3) is 0.941. The zero-order chi connectivity index (χ0) is 20.1. The summed E-state index contributed by atoms with van der Waals surface area (Å²) >= 11 is 1.14. The third-order valence-corrected chi connectivity index (χ3v) is 4.54. The van der Waals surface area contributed by atoms with Gasteiger partial charge in [0.15, 0.2) is 17.7 Å². The van der Waals surface area contributed by atoms with E-state index in [1.54, 1.807) is 20.1 Å². The van der Waals surface area contributed by atoms with Crippen molar-refractivity contribution < 1.29 is 38.1 Å². The number of carbonyl (C=O) groups excluding carboxylic acids is 1. The van der Waals surface area contributed by atoms with E-state index in [4.69, 9.17) is 28.2 Å². The van der Waals surface area contributed by atoms with Crippen molar-refractivity contribution in [1.82, 2.24) is 0 Å². The van der Waals surface area contributed by atoms with Gasteiger partial charge in [-0.3, -0.25) is 0 Å². The summed E-state index contributed by atoms with van der Waals surface area (Å²) < 4.78 is 28.2. The van der Waals surface area contributed by atoms with E-state index < -0.39 is 23.8 Å². The number of carbonyl (C=O) groups is 1. The fourth-order valence-corrected chi connectivity index (χ4v) is 3.43. The first-order valence-electron chi connectivity index (χ1n) is 8.59. The molecule has 2 aliphatic heterocycles. The lowest BCUT2D eigenvalue weighted by Crippen LogP contribution is -2.46. The lowest BCUT2D eigenvalue weighted by atomic mass is 9.91. The summed E-state index contributed by atoms with van der Waals surface area (Å²) in [5.41, 5.74) is 0. The molecule has 154 valence electrons. The molecule has 8 nitrogen and oxygen atoms in total. The standard InChI is InChI=1S/C16H28O7S.CH4O/c1-9(10-7-11(23-24-6)14(17)20-10)13(22-15(2,3)18)12-8-19-16(4,5)21-12;1-2/h9-13,18H,7-8H2,1-6H3;2H,1H3/t9?,10?,11?,12-,13-;/m0./s1. The van der Waals surface area contributed by atoms with Gasteiger partial charge >= 0.3 is 5.97 Å². The van der Waals surface area contributed by atoms with Crippen LogP contribution in [0.2, 0.25) is 0 Å². The summed E-state index contributed by atoms with van der Waals surface area (Å²) in [6.45, 7) is 9.06. The summed E-state index contributed by atoms with van der Waals surface area (Å²) in [6, 6.07) is 0. The van der Waals surface area contributed by atoms with Crippen LogP contribution in [0.5, 0.6) is 0 Å². The third-order valence-electron chi connectivity index (χ3n) is 4.12. The monoisotopic (exact) mass is 396 g/mol. The van der Waals surface area contributed by atoms with Gasteiger partial charge in [0.05, 0.1) is 12.7 Å². The average molecular weight is 397 g/mol. The van der Waals surface area contributed by atoms with Crippen molar-refractivity contribution in [2.24, 2.45) is 5.92 Å². The van der Waals surface area contributed by atoms with Crippen molar-refractivity contribution in [1.29, 1.82) is 0 Å². The van der Waals surface area contributed by atoms with Crippen LogP contribution in [0.1, 0.15) is 41.0 Å². The van der Waals surface area contributed by atoms with Crippen LogP contribution in [0, 0.1) is 5.92 Å². The summed E-state index contributed by atoms with van der Waals surface area (Å²) in [7, 11) is 1.00. The van der Waals surface area contributed by atoms with Crippen molar-refractivity contribution in [3.05, 3.63) is 0 Å². The van der Waals surface area contributed by atoms with E-state index in [2.05, 4.69) is 0 Å². The van der Waals surface area contributed by atoms with Crippen molar-refractivity contribution >= 4 is 18.0 Å². The summed E-state index contributed by atoms with van der Waals surface area (Å²) in [4.78, 5) is 11.9. The molecule has 2 N–H and O–H groups in total. The molecule has 2 aliphatic rings. The Labute approximate surface area is 159 Å². The number of hydrogen-bond donors (Lipinski definition) is 2. The van der Waals surface area contributed by atoms with Crippen molar-refractivity contribution in [2.75, 3.05) is 20.0 Å². The molecule has 3 unspecified atom stereocenters. The molecular formula is C17H32O8S. The SMILES string of the molecule is CO.CSOC1CC(C(C)[C@H](OC(C)(C)O)[C@@H]2COC(C)(C)O2)OC1=O. The van der Waals surface area contributed by atoms with Gasteiger partial charge in [-0.15, -0.1) is 0 Å². The van der Waals surface area contributed by atoms with Gasteiger partial charge in [-0.25, -0.2) is 4.79 Å². The molecule has 0 aromatic heterocycles.